The molecule has 1 saturated carbocycles. The first-order valence-corrected chi connectivity index (χ1v) is 10.1. The van der Waals surface area contributed by atoms with E-state index in [4.69, 9.17) is 14.7 Å². The van der Waals surface area contributed by atoms with Gasteiger partial charge in [0.25, 0.3) is 0 Å². The number of hydrogen-bond donors (Lipinski definition) is 0. The van der Waals surface area contributed by atoms with Gasteiger partial charge in [-0.05, 0) is 77.5 Å². The molecule has 2 aliphatic carbocycles. The molecule has 3 heteroatoms. The van der Waals surface area contributed by atoms with E-state index in [0.717, 1.165) is 43.4 Å². The van der Waals surface area contributed by atoms with Crippen molar-refractivity contribution < 1.29 is 4.74 Å². The second kappa shape index (κ2) is 6.31. The third kappa shape index (κ3) is 3.05. The summed E-state index contributed by atoms with van der Waals surface area (Å²) < 4.78 is 5.63. The highest BCUT2D eigenvalue weighted by Gasteiger charge is 2.59. The Kier molecular flexibility index (Phi) is 4.31. The van der Waals surface area contributed by atoms with Crippen molar-refractivity contribution in [3.05, 3.63) is 34.9 Å². The van der Waals surface area contributed by atoms with E-state index in [2.05, 4.69) is 57.7 Å². The van der Waals surface area contributed by atoms with E-state index in [0.29, 0.717) is 6.10 Å². The molecular weight excluding hydrogens is 332 g/mol. The van der Waals surface area contributed by atoms with Crippen LogP contribution in [0.4, 0.5) is 0 Å². The molecule has 0 N–H and O–H groups in total. The van der Waals surface area contributed by atoms with Crippen LogP contribution in [0, 0.1) is 22.7 Å². The lowest BCUT2D eigenvalue weighted by atomic mass is 9.65. The predicted octanol–water partition coefficient (Wildman–Crippen LogP) is 4.91. The van der Waals surface area contributed by atoms with Gasteiger partial charge in [-0.25, -0.2) is 0 Å². The van der Waals surface area contributed by atoms with Crippen molar-refractivity contribution in [2.45, 2.75) is 71.6 Å². The molecule has 1 aliphatic heterocycles. The largest absolute Gasteiger partial charge is 0.381 e. The summed E-state index contributed by atoms with van der Waals surface area (Å²) in [6.07, 6.45) is 7.79. The summed E-state index contributed by atoms with van der Waals surface area (Å²) in [5, 5.41) is 0. The van der Waals surface area contributed by atoms with Gasteiger partial charge in [0, 0.05) is 35.3 Å². The number of benzene rings is 1. The summed E-state index contributed by atoms with van der Waals surface area (Å²) in [5.41, 5.74) is 4.38. The Morgan fingerprint density at radius 3 is 2.52 bits per heavy atom. The van der Waals surface area contributed by atoms with E-state index in [1.165, 1.54) is 11.1 Å². The third-order valence-corrected chi connectivity index (χ3v) is 6.34. The van der Waals surface area contributed by atoms with Crippen LogP contribution in [0.5, 0.6) is 0 Å². The smallest absolute Gasteiger partial charge is 0.182 e. The maximum absolute atomic E-state index is 5.63. The number of fused-ring (bicyclic) bond motifs is 3. The molecule has 3 nitrogen and oxygen atoms in total. The van der Waals surface area contributed by atoms with Gasteiger partial charge in [0.05, 0.1) is 11.8 Å². The zero-order chi connectivity index (χ0) is 19.3. The maximum Gasteiger partial charge on any atom is 0.182 e. The van der Waals surface area contributed by atoms with Gasteiger partial charge < -0.3 is 4.74 Å². The van der Waals surface area contributed by atoms with Crippen LogP contribution < -0.4 is 0 Å². The van der Waals surface area contributed by atoms with Crippen molar-refractivity contribution in [2.75, 3.05) is 7.11 Å². The minimum Gasteiger partial charge on any atom is -0.381 e. The first-order chi connectivity index (χ1) is 12.8. The van der Waals surface area contributed by atoms with Crippen LogP contribution >= 0.6 is 0 Å². The average Bonchev–Trinajstić information content (AvgIpc) is 3.14. The van der Waals surface area contributed by atoms with Gasteiger partial charge in [0.1, 0.15) is 0 Å². The van der Waals surface area contributed by atoms with Crippen LogP contribution in [-0.4, -0.2) is 25.1 Å². The zero-order valence-corrected chi connectivity index (χ0v) is 17.2. The van der Waals surface area contributed by atoms with Crippen molar-refractivity contribution in [1.29, 1.82) is 0 Å². The molecular formula is C24H30N2O. The van der Waals surface area contributed by atoms with Gasteiger partial charge in [-0.3, -0.25) is 9.98 Å². The molecule has 1 aromatic rings. The van der Waals surface area contributed by atoms with Crippen molar-refractivity contribution in [3.63, 3.8) is 0 Å². The Morgan fingerprint density at radius 1 is 1.19 bits per heavy atom. The molecule has 1 heterocycles. The highest BCUT2D eigenvalue weighted by molar-refractivity contribution is 6.31. The van der Waals surface area contributed by atoms with Gasteiger partial charge in [0.2, 0.25) is 0 Å². The molecule has 0 amide bonds. The summed E-state index contributed by atoms with van der Waals surface area (Å²) >= 11 is 0. The molecule has 0 bridgehead atoms. The molecule has 4 rings (SSSR count). The quantitative estimate of drug-likeness (QED) is 0.653. The molecule has 0 aromatic heterocycles. The molecule has 27 heavy (non-hydrogen) atoms. The van der Waals surface area contributed by atoms with Crippen LogP contribution in [0.2, 0.25) is 0 Å². The fourth-order valence-corrected chi connectivity index (χ4v) is 4.96. The topological polar surface area (TPSA) is 34.0 Å². The lowest BCUT2D eigenvalue weighted by Gasteiger charge is -2.44. The van der Waals surface area contributed by atoms with Crippen molar-refractivity contribution in [1.82, 2.24) is 0 Å². The molecule has 0 saturated heterocycles. The molecule has 2 spiro atoms. The number of hydrogen-bond acceptors (Lipinski definition) is 3. The number of nitrogens with zero attached hydrogens (tertiary/aromatic N) is 2. The average molecular weight is 363 g/mol. The lowest BCUT2D eigenvalue weighted by molar-refractivity contribution is -0.000293. The number of methoxy groups -OCH3 is 1. The van der Waals surface area contributed by atoms with E-state index >= 15 is 0 Å². The van der Waals surface area contributed by atoms with Crippen LogP contribution in [0.25, 0.3) is 0 Å². The van der Waals surface area contributed by atoms with E-state index in [1.54, 1.807) is 0 Å². The monoisotopic (exact) mass is 362 g/mol. The summed E-state index contributed by atoms with van der Waals surface area (Å²) in [4.78, 5) is 10.2. The van der Waals surface area contributed by atoms with Crippen LogP contribution in [0.15, 0.2) is 28.2 Å². The second-order valence-electron chi connectivity index (χ2n) is 9.45. The fourth-order valence-electron chi connectivity index (χ4n) is 4.96. The summed E-state index contributed by atoms with van der Waals surface area (Å²) in [7, 11) is 1.83. The Bertz CT molecular complexity index is 870. The van der Waals surface area contributed by atoms with Gasteiger partial charge in [0.15, 0.2) is 5.66 Å². The SMILES string of the molecule is COC1CCC2(CC1)Cc1ccc(C#CC(C)(C)C)cc1C21N=CC(C)=N1. The lowest BCUT2D eigenvalue weighted by Crippen LogP contribution is -2.43. The van der Waals surface area contributed by atoms with E-state index in [1.807, 2.05) is 13.3 Å². The minimum absolute atomic E-state index is 0.00326. The van der Waals surface area contributed by atoms with Gasteiger partial charge >= 0.3 is 0 Å². The van der Waals surface area contributed by atoms with E-state index in [-0.39, 0.29) is 10.8 Å². The summed E-state index contributed by atoms with van der Waals surface area (Å²) in [5.74, 6) is 6.73. The van der Waals surface area contributed by atoms with E-state index in [9.17, 15) is 0 Å². The molecule has 0 radical (unpaired) electrons. The highest BCUT2D eigenvalue weighted by Crippen LogP contribution is 2.61. The first kappa shape index (κ1) is 18.4. The summed E-state index contributed by atoms with van der Waals surface area (Å²) in [6, 6.07) is 6.69. The maximum atomic E-state index is 5.63. The Hall–Kier alpha value is -1.92. The van der Waals surface area contributed by atoms with Gasteiger partial charge in [-0.15, -0.1) is 0 Å². The molecule has 1 unspecified atom stereocenters. The van der Waals surface area contributed by atoms with Crippen molar-refractivity contribution in [3.8, 4) is 11.8 Å². The zero-order valence-electron chi connectivity index (χ0n) is 17.2. The molecule has 3 aliphatic rings. The Labute approximate surface area is 163 Å². The van der Waals surface area contributed by atoms with Crippen LogP contribution in [0.1, 0.15) is 70.1 Å². The molecule has 1 aromatic carbocycles. The molecule has 142 valence electrons. The standard InChI is InChI=1S/C24H30N2O/c1-17-16-25-24(26-17)21-14-18(8-11-22(2,3)4)6-7-19(21)15-23(24)12-9-20(27-5)10-13-23/h6-7,14,16,20H,9-10,12-13,15H2,1-5H3. The third-order valence-electron chi connectivity index (χ3n) is 6.34. The van der Waals surface area contributed by atoms with Crippen LogP contribution in [0.3, 0.4) is 0 Å². The molecule has 1 atom stereocenters. The number of ether oxygens (including phenoxy) is 1. The Balaban J connectivity index is 1.78. The number of aliphatic imine (C=N–C) groups is 2. The normalized spacial score (nSPS) is 31.7. The van der Waals surface area contributed by atoms with Crippen molar-refractivity contribution in [2.24, 2.45) is 20.8 Å². The van der Waals surface area contributed by atoms with Gasteiger partial charge in [-0.2, -0.15) is 0 Å². The predicted molar refractivity (Wildman–Crippen MR) is 111 cm³/mol. The second-order valence-corrected chi connectivity index (χ2v) is 9.45. The molecule has 1 fully saturated rings. The minimum atomic E-state index is -0.454. The Morgan fingerprint density at radius 2 is 1.93 bits per heavy atom. The number of rotatable bonds is 1. The van der Waals surface area contributed by atoms with Crippen LogP contribution in [-0.2, 0) is 16.8 Å². The van der Waals surface area contributed by atoms with E-state index < -0.39 is 5.66 Å². The van der Waals surface area contributed by atoms with Gasteiger partial charge in [-0.1, -0.05) is 17.9 Å². The summed E-state index contributed by atoms with van der Waals surface area (Å²) in [6.45, 7) is 8.50. The van der Waals surface area contributed by atoms with Crippen molar-refractivity contribution >= 4 is 11.9 Å². The first-order valence-electron chi connectivity index (χ1n) is 10.1. The highest BCUT2D eigenvalue weighted by atomic mass is 16.5. The fraction of sp³-hybridized carbons (Fsp3) is 0.583.